The molecule has 3 heteroatoms. The molecule has 2 aromatic heterocycles. The van der Waals surface area contributed by atoms with Gasteiger partial charge in [0.1, 0.15) is 11.2 Å². The van der Waals surface area contributed by atoms with Gasteiger partial charge in [-0.1, -0.05) is 109 Å². The molecule has 0 saturated heterocycles. The molecule has 9 aromatic rings. The second kappa shape index (κ2) is 10.3. The predicted octanol–water partition coefficient (Wildman–Crippen LogP) is 11.8. The largest absolute Gasteiger partial charge is 0.456 e. The fourth-order valence-corrected chi connectivity index (χ4v) is 6.91. The van der Waals surface area contributed by atoms with Crippen molar-refractivity contribution in [1.82, 2.24) is 4.57 Å². The molecule has 212 valence electrons. The minimum Gasteiger partial charge on any atom is -0.456 e. The van der Waals surface area contributed by atoms with Gasteiger partial charge in [-0.05, 0) is 66.2 Å². The minimum absolute atomic E-state index is 0.892. The molecule has 0 N–H and O–H groups in total. The average Bonchev–Trinajstić information content (AvgIpc) is 3.67. The third-order valence-electron chi connectivity index (χ3n) is 8.77. The number of hydrogen-bond acceptors (Lipinski definition) is 2. The molecule has 0 saturated carbocycles. The van der Waals surface area contributed by atoms with E-state index in [-0.39, 0.29) is 0 Å². The van der Waals surface area contributed by atoms with Crippen LogP contribution in [0.1, 0.15) is 0 Å². The van der Waals surface area contributed by atoms with Crippen molar-refractivity contribution in [3.05, 3.63) is 170 Å². The fourth-order valence-electron chi connectivity index (χ4n) is 6.91. The maximum absolute atomic E-state index is 6.36. The van der Waals surface area contributed by atoms with E-state index in [1.807, 2.05) is 6.07 Å². The van der Waals surface area contributed by atoms with Crippen LogP contribution in [-0.4, -0.2) is 4.57 Å². The number of hydrogen-bond donors (Lipinski definition) is 0. The number of anilines is 3. The van der Waals surface area contributed by atoms with Crippen molar-refractivity contribution in [2.24, 2.45) is 0 Å². The summed E-state index contributed by atoms with van der Waals surface area (Å²) in [4.78, 5) is 2.38. The van der Waals surface area contributed by atoms with Gasteiger partial charge in [0.05, 0.1) is 16.7 Å². The molecule has 0 spiro atoms. The van der Waals surface area contributed by atoms with Crippen molar-refractivity contribution in [3.8, 4) is 16.8 Å². The molecule has 2 heterocycles. The number of nitrogens with zero attached hydrogens (tertiary/aromatic N) is 2. The van der Waals surface area contributed by atoms with E-state index < -0.39 is 0 Å². The minimum atomic E-state index is 0.892. The Labute approximate surface area is 260 Å². The van der Waals surface area contributed by atoms with Crippen LogP contribution in [0.4, 0.5) is 17.1 Å². The molecule has 7 aromatic carbocycles. The lowest BCUT2D eigenvalue weighted by Crippen LogP contribution is -2.10. The molecule has 0 bridgehead atoms. The van der Waals surface area contributed by atoms with Gasteiger partial charge in [-0.25, -0.2) is 0 Å². The Morgan fingerprint density at radius 3 is 1.76 bits per heavy atom. The van der Waals surface area contributed by atoms with Crippen LogP contribution in [0.5, 0.6) is 0 Å². The van der Waals surface area contributed by atoms with Crippen molar-refractivity contribution >= 4 is 60.8 Å². The summed E-state index contributed by atoms with van der Waals surface area (Å²) < 4.78 is 8.79. The number of furan rings is 1. The maximum atomic E-state index is 6.36. The van der Waals surface area contributed by atoms with Crippen molar-refractivity contribution in [3.63, 3.8) is 0 Å². The van der Waals surface area contributed by atoms with Crippen molar-refractivity contribution in [2.45, 2.75) is 0 Å². The van der Waals surface area contributed by atoms with Crippen LogP contribution in [0.2, 0.25) is 0 Å². The van der Waals surface area contributed by atoms with Crippen molar-refractivity contribution in [1.29, 1.82) is 0 Å². The van der Waals surface area contributed by atoms with Gasteiger partial charge in [0.25, 0.3) is 0 Å². The van der Waals surface area contributed by atoms with E-state index in [1.54, 1.807) is 0 Å². The van der Waals surface area contributed by atoms with Gasteiger partial charge in [0.2, 0.25) is 0 Å². The highest BCUT2D eigenvalue weighted by molar-refractivity contribution is 6.23. The molecule has 0 aliphatic heterocycles. The molecule has 0 unspecified atom stereocenters. The Kier molecular flexibility index (Phi) is 5.82. The Bertz CT molecular complexity index is 2440. The lowest BCUT2D eigenvalue weighted by molar-refractivity contribution is 0.669. The van der Waals surface area contributed by atoms with Crippen LogP contribution in [0.3, 0.4) is 0 Å². The van der Waals surface area contributed by atoms with E-state index in [0.717, 1.165) is 66.8 Å². The Balaban J connectivity index is 1.47. The van der Waals surface area contributed by atoms with Crippen LogP contribution in [0.15, 0.2) is 174 Å². The third kappa shape index (κ3) is 3.98. The Hall–Kier alpha value is -6.06. The normalized spacial score (nSPS) is 11.6. The number of para-hydroxylation sites is 5. The smallest absolute Gasteiger partial charge is 0.136 e. The van der Waals surface area contributed by atoms with Crippen LogP contribution in [0, 0.1) is 0 Å². The molecule has 9 rings (SSSR count). The standard InChI is InChI=1S/C42H28N2O/c1-4-15-29(16-5-1)43(30-17-6-2-7-18-30)37-28-27-33(32-23-14-26-39-40(32)35-22-11-13-25-38(35)45-39)42-41(37)34-21-10-12-24-36(34)44(42)31-19-8-3-9-20-31/h1-28H. The molecule has 0 aliphatic rings. The molecule has 0 fully saturated rings. The first-order chi connectivity index (χ1) is 22.4. The summed E-state index contributed by atoms with van der Waals surface area (Å²) in [6, 6.07) is 60.1. The summed E-state index contributed by atoms with van der Waals surface area (Å²) >= 11 is 0. The second-order valence-electron chi connectivity index (χ2n) is 11.3. The quantitative estimate of drug-likeness (QED) is 0.203. The van der Waals surface area contributed by atoms with Crippen molar-refractivity contribution < 1.29 is 4.42 Å². The van der Waals surface area contributed by atoms with Gasteiger partial charge >= 0.3 is 0 Å². The molecular formula is C42H28N2O. The first-order valence-electron chi connectivity index (χ1n) is 15.3. The third-order valence-corrected chi connectivity index (χ3v) is 8.77. The molecule has 3 nitrogen and oxygen atoms in total. The van der Waals surface area contributed by atoms with E-state index in [1.165, 1.54) is 10.8 Å². The van der Waals surface area contributed by atoms with Gasteiger partial charge in [0.15, 0.2) is 0 Å². The Morgan fingerprint density at radius 1 is 0.422 bits per heavy atom. The van der Waals surface area contributed by atoms with Crippen LogP contribution in [-0.2, 0) is 0 Å². The van der Waals surface area contributed by atoms with Gasteiger partial charge in [-0.15, -0.1) is 0 Å². The van der Waals surface area contributed by atoms with Crippen molar-refractivity contribution in [2.75, 3.05) is 4.90 Å². The van der Waals surface area contributed by atoms with Crippen LogP contribution in [0.25, 0.3) is 60.6 Å². The molecule has 0 aliphatic carbocycles. The monoisotopic (exact) mass is 576 g/mol. The summed E-state index contributed by atoms with van der Waals surface area (Å²) in [5, 5.41) is 4.66. The van der Waals surface area contributed by atoms with Gasteiger partial charge < -0.3 is 13.9 Å². The zero-order valence-corrected chi connectivity index (χ0v) is 24.5. The summed E-state index contributed by atoms with van der Waals surface area (Å²) in [5.41, 5.74) is 10.9. The lowest BCUT2D eigenvalue weighted by Gasteiger charge is -2.27. The van der Waals surface area contributed by atoms with E-state index in [9.17, 15) is 0 Å². The van der Waals surface area contributed by atoms with E-state index in [2.05, 4.69) is 173 Å². The van der Waals surface area contributed by atoms with Gasteiger partial charge in [0, 0.05) is 44.2 Å². The molecule has 45 heavy (non-hydrogen) atoms. The van der Waals surface area contributed by atoms with E-state index >= 15 is 0 Å². The molecule has 0 amide bonds. The fraction of sp³-hybridized carbons (Fsp3) is 0. The topological polar surface area (TPSA) is 21.3 Å². The van der Waals surface area contributed by atoms with Gasteiger partial charge in [-0.3, -0.25) is 0 Å². The van der Waals surface area contributed by atoms with E-state index in [0.29, 0.717) is 0 Å². The predicted molar refractivity (Wildman–Crippen MR) is 188 cm³/mol. The number of aromatic nitrogens is 1. The zero-order chi connectivity index (χ0) is 29.7. The average molecular weight is 577 g/mol. The number of rotatable bonds is 5. The van der Waals surface area contributed by atoms with Crippen LogP contribution >= 0.6 is 0 Å². The SMILES string of the molecule is c1ccc(N(c2ccccc2)c2ccc(-c3cccc4oc5ccccc5c34)c3c2c2ccccc2n3-c2ccccc2)cc1. The number of benzene rings is 7. The first-order valence-corrected chi connectivity index (χ1v) is 15.3. The summed E-state index contributed by atoms with van der Waals surface area (Å²) in [5.74, 6) is 0. The highest BCUT2D eigenvalue weighted by atomic mass is 16.3. The summed E-state index contributed by atoms with van der Waals surface area (Å²) in [6.07, 6.45) is 0. The molecule has 0 atom stereocenters. The highest BCUT2D eigenvalue weighted by Gasteiger charge is 2.25. The summed E-state index contributed by atoms with van der Waals surface area (Å²) in [7, 11) is 0. The van der Waals surface area contributed by atoms with Gasteiger partial charge in [-0.2, -0.15) is 0 Å². The maximum Gasteiger partial charge on any atom is 0.136 e. The number of fused-ring (bicyclic) bond motifs is 6. The lowest BCUT2D eigenvalue weighted by atomic mass is 9.95. The molecular weight excluding hydrogens is 548 g/mol. The zero-order valence-electron chi connectivity index (χ0n) is 24.5. The Morgan fingerprint density at radius 2 is 1.02 bits per heavy atom. The second-order valence-corrected chi connectivity index (χ2v) is 11.3. The first kappa shape index (κ1) is 25.4. The molecule has 0 radical (unpaired) electrons. The highest BCUT2D eigenvalue weighted by Crippen LogP contribution is 2.48. The summed E-state index contributed by atoms with van der Waals surface area (Å²) in [6.45, 7) is 0. The van der Waals surface area contributed by atoms with Crippen LogP contribution < -0.4 is 4.90 Å². The van der Waals surface area contributed by atoms with E-state index in [4.69, 9.17) is 4.42 Å².